The van der Waals surface area contributed by atoms with Crippen molar-refractivity contribution in [3.8, 4) is 5.75 Å². The molecule has 0 spiro atoms. The Morgan fingerprint density at radius 3 is 2.18 bits per heavy atom. The van der Waals surface area contributed by atoms with Crippen molar-refractivity contribution in [1.82, 2.24) is 9.80 Å². The van der Waals surface area contributed by atoms with Gasteiger partial charge in [0, 0.05) is 50.0 Å². The third-order valence-electron chi connectivity index (χ3n) is 4.48. The zero-order valence-electron chi connectivity index (χ0n) is 12.1. The third-order valence-corrected chi connectivity index (χ3v) is 4.98. The van der Waals surface area contributed by atoms with E-state index >= 15 is 0 Å². The quantitative estimate of drug-likeness (QED) is 0.851. The summed E-state index contributed by atoms with van der Waals surface area (Å²) in [5.41, 5.74) is 0.126. The minimum Gasteiger partial charge on any atom is -0.506 e. The second kappa shape index (κ2) is 5.63. The van der Waals surface area contributed by atoms with Crippen LogP contribution in [-0.2, 0) is 4.79 Å². The number of rotatable bonds is 1. The van der Waals surface area contributed by atoms with Crippen LogP contribution in [0.15, 0.2) is 12.1 Å². The number of amides is 2. The van der Waals surface area contributed by atoms with Crippen molar-refractivity contribution in [2.45, 2.75) is 6.92 Å². The summed E-state index contributed by atoms with van der Waals surface area (Å²) >= 11 is 11.8. The van der Waals surface area contributed by atoms with E-state index in [2.05, 4.69) is 0 Å². The average molecular weight is 343 g/mol. The molecule has 0 radical (unpaired) electrons. The zero-order chi connectivity index (χ0) is 16.0. The molecule has 7 heteroatoms. The Labute approximate surface area is 138 Å². The summed E-state index contributed by atoms with van der Waals surface area (Å²) in [7, 11) is 0. The van der Waals surface area contributed by atoms with E-state index in [0.29, 0.717) is 43.0 Å². The maximum absolute atomic E-state index is 12.6. The normalized spacial score (nSPS) is 23.8. The number of likely N-dealkylation sites (tertiary alicyclic amines) is 2. The lowest BCUT2D eigenvalue weighted by molar-refractivity contribution is -0.128. The zero-order valence-corrected chi connectivity index (χ0v) is 13.6. The van der Waals surface area contributed by atoms with E-state index in [4.69, 9.17) is 23.2 Å². The van der Waals surface area contributed by atoms with Gasteiger partial charge in [0.05, 0.1) is 10.6 Å². The summed E-state index contributed by atoms with van der Waals surface area (Å²) in [6.07, 6.45) is 0. The molecule has 2 amide bonds. The number of nitrogens with zero attached hydrogens (tertiary/aromatic N) is 2. The van der Waals surface area contributed by atoms with E-state index in [1.807, 2.05) is 4.90 Å². The summed E-state index contributed by atoms with van der Waals surface area (Å²) in [6, 6.07) is 2.83. The van der Waals surface area contributed by atoms with Crippen LogP contribution in [0.1, 0.15) is 17.3 Å². The fraction of sp³-hybridized carbons (Fsp3) is 0.467. The van der Waals surface area contributed by atoms with E-state index in [1.165, 1.54) is 12.1 Å². The fourth-order valence-corrected chi connectivity index (χ4v) is 3.81. The number of benzene rings is 1. The number of halogens is 2. The molecule has 3 rings (SSSR count). The lowest BCUT2D eigenvalue weighted by atomic mass is 10.0. The molecule has 2 atom stereocenters. The maximum Gasteiger partial charge on any atom is 0.257 e. The number of phenolic OH excluding ortho intramolecular Hbond substituents is 1. The molecule has 2 aliphatic heterocycles. The smallest absolute Gasteiger partial charge is 0.257 e. The highest BCUT2D eigenvalue weighted by molar-refractivity contribution is 6.36. The fourth-order valence-electron chi connectivity index (χ4n) is 3.32. The van der Waals surface area contributed by atoms with Crippen molar-refractivity contribution < 1.29 is 14.7 Å². The monoisotopic (exact) mass is 342 g/mol. The molecule has 2 aliphatic rings. The number of carbonyl (C=O) groups is 2. The second-order valence-electron chi connectivity index (χ2n) is 5.94. The van der Waals surface area contributed by atoms with Crippen molar-refractivity contribution in [3.63, 3.8) is 0 Å². The van der Waals surface area contributed by atoms with Gasteiger partial charge in [-0.2, -0.15) is 0 Å². The lowest BCUT2D eigenvalue weighted by Gasteiger charge is -2.21. The summed E-state index contributed by atoms with van der Waals surface area (Å²) in [4.78, 5) is 27.5. The van der Waals surface area contributed by atoms with Gasteiger partial charge in [0.25, 0.3) is 5.91 Å². The average Bonchev–Trinajstić information content (AvgIpc) is 3.00. The summed E-state index contributed by atoms with van der Waals surface area (Å²) in [6.45, 7) is 4.10. The van der Waals surface area contributed by atoms with Crippen LogP contribution >= 0.6 is 23.2 Å². The molecule has 0 saturated carbocycles. The summed E-state index contributed by atoms with van der Waals surface area (Å²) in [5.74, 6) is 0.157. The number of carbonyl (C=O) groups excluding carboxylic acids is 2. The minimum atomic E-state index is -0.273. The van der Waals surface area contributed by atoms with E-state index in [0.717, 1.165) is 0 Å². The van der Waals surface area contributed by atoms with Gasteiger partial charge in [-0.1, -0.05) is 23.2 Å². The molecule has 2 heterocycles. The summed E-state index contributed by atoms with van der Waals surface area (Å²) in [5, 5.41) is 10.4. The van der Waals surface area contributed by atoms with Gasteiger partial charge in [-0.15, -0.1) is 0 Å². The van der Waals surface area contributed by atoms with Gasteiger partial charge in [0.1, 0.15) is 5.75 Å². The highest BCUT2D eigenvalue weighted by atomic mass is 35.5. The molecule has 0 aliphatic carbocycles. The second-order valence-corrected chi connectivity index (χ2v) is 6.78. The standard InChI is InChI=1S/C15H16Cl2N2O3/c1-8(20)18-4-9-6-19(7-10(9)5-18)15(22)12-2-11(16)3-13(17)14(12)21/h2-3,9-10,21H,4-7H2,1H3. The molecule has 2 unspecified atom stereocenters. The largest absolute Gasteiger partial charge is 0.506 e. The van der Waals surface area contributed by atoms with Crippen LogP contribution < -0.4 is 0 Å². The van der Waals surface area contributed by atoms with Gasteiger partial charge in [-0.05, 0) is 12.1 Å². The van der Waals surface area contributed by atoms with Crippen LogP contribution in [0.25, 0.3) is 0 Å². The maximum atomic E-state index is 12.6. The Morgan fingerprint density at radius 2 is 1.64 bits per heavy atom. The first-order chi connectivity index (χ1) is 10.4. The molecular weight excluding hydrogens is 327 g/mol. The van der Waals surface area contributed by atoms with Crippen LogP contribution in [-0.4, -0.2) is 52.9 Å². The van der Waals surface area contributed by atoms with Crippen LogP contribution in [0.3, 0.4) is 0 Å². The topological polar surface area (TPSA) is 60.9 Å². The molecule has 22 heavy (non-hydrogen) atoms. The molecule has 0 aromatic heterocycles. The van der Waals surface area contributed by atoms with Crippen molar-refractivity contribution in [2.24, 2.45) is 11.8 Å². The number of aromatic hydroxyl groups is 1. The van der Waals surface area contributed by atoms with Gasteiger partial charge < -0.3 is 14.9 Å². The number of phenols is 1. The highest BCUT2D eigenvalue weighted by Crippen LogP contribution is 2.35. The molecule has 2 saturated heterocycles. The predicted octanol–water partition coefficient (Wildman–Crippen LogP) is 2.25. The van der Waals surface area contributed by atoms with E-state index in [1.54, 1.807) is 11.8 Å². The predicted molar refractivity (Wildman–Crippen MR) is 83.3 cm³/mol. The van der Waals surface area contributed by atoms with E-state index < -0.39 is 0 Å². The van der Waals surface area contributed by atoms with Crippen LogP contribution in [0.4, 0.5) is 0 Å². The SMILES string of the molecule is CC(=O)N1CC2CN(C(=O)c3cc(Cl)cc(Cl)c3O)CC2C1. The number of fused-ring (bicyclic) bond motifs is 1. The van der Waals surface area contributed by atoms with Crippen molar-refractivity contribution >= 4 is 35.0 Å². The van der Waals surface area contributed by atoms with Crippen molar-refractivity contribution in [3.05, 3.63) is 27.7 Å². The van der Waals surface area contributed by atoms with Gasteiger partial charge in [-0.3, -0.25) is 9.59 Å². The Morgan fingerprint density at radius 1 is 1.09 bits per heavy atom. The van der Waals surface area contributed by atoms with Crippen molar-refractivity contribution in [1.29, 1.82) is 0 Å². The molecule has 0 bridgehead atoms. The first kappa shape index (κ1) is 15.4. The van der Waals surface area contributed by atoms with E-state index in [9.17, 15) is 14.7 Å². The van der Waals surface area contributed by atoms with Gasteiger partial charge in [-0.25, -0.2) is 0 Å². The first-order valence-electron chi connectivity index (χ1n) is 7.09. The van der Waals surface area contributed by atoms with Gasteiger partial charge in [0.15, 0.2) is 0 Å². The Hall–Kier alpha value is -1.46. The lowest BCUT2D eigenvalue weighted by Crippen LogP contribution is -2.34. The van der Waals surface area contributed by atoms with E-state index in [-0.39, 0.29) is 28.1 Å². The third kappa shape index (κ3) is 2.63. The molecule has 1 N–H and O–H groups in total. The number of hydrogen-bond acceptors (Lipinski definition) is 3. The van der Waals surface area contributed by atoms with Gasteiger partial charge >= 0.3 is 0 Å². The van der Waals surface area contributed by atoms with Crippen LogP contribution in [0.2, 0.25) is 10.0 Å². The highest BCUT2D eigenvalue weighted by Gasteiger charge is 2.42. The number of hydrogen-bond donors (Lipinski definition) is 1. The Balaban J connectivity index is 1.75. The molecule has 118 valence electrons. The van der Waals surface area contributed by atoms with Crippen molar-refractivity contribution in [2.75, 3.05) is 26.2 Å². The van der Waals surface area contributed by atoms with Crippen LogP contribution in [0, 0.1) is 11.8 Å². The van der Waals surface area contributed by atoms with Gasteiger partial charge in [0.2, 0.25) is 5.91 Å². The summed E-state index contributed by atoms with van der Waals surface area (Å²) < 4.78 is 0. The van der Waals surface area contributed by atoms with Crippen LogP contribution in [0.5, 0.6) is 5.75 Å². The molecule has 1 aromatic carbocycles. The molecule has 1 aromatic rings. The minimum absolute atomic E-state index is 0.0676. The molecule has 2 fully saturated rings. The molecule has 5 nitrogen and oxygen atoms in total. The Kier molecular flexibility index (Phi) is 3.95. The Bertz CT molecular complexity index is 636. The molecular formula is C15H16Cl2N2O3. The first-order valence-corrected chi connectivity index (χ1v) is 7.85.